The van der Waals surface area contributed by atoms with Gasteiger partial charge in [0.15, 0.2) is 0 Å². The van der Waals surface area contributed by atoms with E-state index in [1.165, 1.54) is 13.2 Å². The average molecular weight is 249 g/mol. The third-order valence-electron chi connectivity index (χ3n) is 1.66. The molecule has 13 heavy (non-hydrogen) atoms. The minimum Gasteiger partial charge on any atom is -0.386 e. The van der Waals surface area contributed by atoms with Crippen molar-refractivity contribution >= 4 is 15.9 Å². The fraction of sp³-hybridized carbons (Fsp3) is 0.333. The van der Waals surface area contributed by atoms with Crippen LogP contribution in [0.3, 0.4) is 0 Å². The molecule has 1 atom stereocenters. The van der Waals surface area contributed by atoms with Crippen molar-refractivity contribution in [2.24, 2.45) is 0 Å². The molecule has 2 nitrogen and oxygen atoms in total. The van der Waals surface area contributed by atoms with E-state index in [1.54, 1.807) is 12.1 Å². The van der Waals surface area contributed by atoms with Crippen molar-refractivity contribution in [1.29, 1.82) is 0 Å². The number of halogens is 2. The average Bonchev–Trinajstić information content (AvgIpc) is 2.10. The summed E-state index contributed by atoms with van der Waals surface area (Å²) in [4.78, 5) is 0. The van der Waals surface area contributed by atoms with Gasteiger partial charge in [0.25, 0.3) is 0 Å². The molecular weight excluding hydrogens is 239 g/mol. The van der Waals surface area contributed by atoms with E-state index in [4.69, 9.17) is 4.74 Å². The van der Waals surface area contributed by atoms with Gasteiger partial charge in [-0.15, -0.1) is 0 Å². The van der Waals surface area contributed by atoms with Crippen LogP contribution >= 0.6 is 15.9 Å². The molecule has 0 saturated heterocycles. The molecule has 0 aliphatic heterocycles. The molecule has 0 aromatic heterocycles. The number of aliphatic hydroxyl groups excluding tert-OH is 1. The topological polar surface area (TPSA) is 29.5 Å². The fourth-order valence-electron chi connectivity index (χ4n) is 1.03. The first kappa shape index (κ1) is 10.6. The summed E-state index contributed by atoms with van der Waals surface area (Å²) in [7, 11) is 1.46. The van der Waals surface area contributed by atoms with Crippen molar-refractivity contribution in [2.75, 3.05) is 13.7 Å². The first-order valence-corrected chi connectivity index (χ1v) is 4.57. The van der Waals surface area contributed by atoms with E-state index in [0.29, 0.717) is 4.47 Å². The van der Waals surface area contributed by atoms with E-state index in [1.807, 2.05) is 0 Å². The van der Waals surface area contributed by atoms with Crippen LogP contribution in [0.1, 0.15) is 11.7 Å². The summed E-state index contributed by atoms with van der Waals surface area (Å²) in [6.07, 6.45) is -0.914. The number of methoxy groups -OCH3 is 1. The predicted octanol–water partition coefficient (Wildman–Crippen LogP) is 2.27. The van der Waals surface area contributed by atoms with Crippen molar-refractivity contribution in [1.82, 2.24) is 0 Å². The van der Waals surface area contributed by atoms with Gasteiger partial charge < -0.3 is 9.84 Å². The monoisotopic (exact) mass is 248 g/mol. The highest BCUT2D eigenvalue weighted by atomic mass is 79.9. The Hall–Kier alpha value is -0.450. The zero-order valence-corrected chi connectivity index (χ0v) is 8.71. The molecule has 1 aromatic rings. The molecule has 0 amide bonds. The van der Waals surface area contributed by atoms with Crippen LogP contribution in [0.4, 0.5) is 4.39 Å². The molecule has 1 unspecified atom stereocenters. The van der Waals surface area contributed by atoms with Crippen LogP contribution in [-0.4, -0.2) is 18.8 Å². The maximum Gasteiger partial charge on any atom is 0.143 e. The molecule has 0 heterocycles. The normalized spacial score (nSPS) is 12.9. The zero-order valence-electron chi connectivity index (χ0n) is 7.13. The molecule has 4 heteroatoms. The van der Waals surface area contributed by atoms with Crippen LogP contribution in [-0.2, 0) is 4.74 Å². The van der Waals surface area contributed by atoms with Crippen LogP contribution in [0.25, 0.3) is 0 Å². The lowest BCUT2D eigenvalue weighted by Gasteiger charge is -2.11. The first-order chi connectivity index (χ1) is 6.16. The Labute approximate surface area is 84.5 Å². The second-order valence-electron chi connectivity index (χ2n) is 2.61. The number of hydrogen-bond donors (Lipinski definition) is 1. The second kappa shape index (κ2) is 4.69. The van der Waals surface area contributed by atoms with E-state index in [-0.39, 0.29) is 12.2 Å². The van der Waals surface area contributed by atoms with Gasteiger partial charge in [0.2, 0.25) is 0 Å². The molecular formula is C9H10BrFO2. The van der Waals surface area contributed by atoms with Crippen LogP contribution in [0, 0.1) is 5.82 Å². The Bertz CT molecular complexity index is 291. The summed E-state index contributed by atoms with van der Waals surface area (Å²) in [6.45, 7) is 0.0906. The number of ether oxygens (including phenoxy) is 1. The highest BCUT2D eigenvalue weighted by molar-refractivity contribution is 9.10. The van der Waals surface area contributed by atoms with E-state index in [9.17, 15) is 9.50 Å². The number of rotatable bonds is 3. The number of benzene rings is 1. The Morgan fingerprint density at radius 3 is 2.92 bits per heavy atom. The van der Waals surface area contributed by atoms with Gasteiger partial charge in [-0.1, -0.05) is 12.1 Å². The molecule has 0 saturated carbocycles. The SMILES string of the molecule is COCC(O)c1cccc(Br)c1F. The molecule has 1 N–H and O–H groups in total. The summed E-state index contributed by atoms with van der Waals surface area (Å²) < 4.78 is 18.4. The second-order valence-corrected chi connectivity index (χ2v) is 3.47. The molecule has 0 radical (unpaired) electrons. The van der Waals surface area contributed by atoms with Crippen LogP contribution in [0.15, 0.2) is 22.7 Å². The predicted molar refractivity (Wildman–Crippen MR) is 50.9 cm³/mol. The molecule has 1 aromatic carbocycles. The Balaban J connectivity index is 2.93. The lowest BCUT2D eigenvalue weighted by Crippen LogP contribution is -2.07. The Morgan fingerprint density at radius 2 is 2.31 bits per heavy atom. The third kappa shape index (κ3) is 2.49. The van der Waals surface area contributed by atoms with Gasteiger partial charge in [-0.3, -0.25) is 0 Å². The smallest absolute Gasteiger partial charge is 0.143 e. The summed E-state index contributed by atoms with van der Waals surface area (Å²) in [5.74, 6) is -0.438. The minimum absolute atomic E-state index is 0.0906. The van der Waals surface area contributed by atoms with E-state index >= 15 is 0 Å². The fourth-order valence-corrected chi connectivity index (χ4v) is 1.41. The largest absolute Gasteiger partial charge is 0.386 e. The van der Waals surface area contributed by atoms with Gasteiger partial charge in [0, 0.05) is 12.7 Å². The van der Waals surface area contributed by atoms with E-state index in [0.717, 1.165) is 0 Å². The summed E-state index contributed by atoms with van der Waals surface area (Å²) in [5.41, 5.74) is 0.247. The van der Waals surface area contributed by atoms with Crippen LogP contribution in [0.2, 0.25) is 0 Å². The van der Waals surface area contributed by atoms with Crippen molar-refractivity contribution < 1.29 is 14.2 Å². The standard InChI is InChI=1S/C9H10BrFO2/c1-13-5-8(12)6-3-2-4-7(10)9(6)11/h2-4,8,12H,5H2,1H3. The maximum absolute atomic E-state index is 13.3. The summed E-state index contributed by atoms with van der Waals surface area (Å²) in [6, 6.07) is 4.78. The molecule has 72 valence electrons. The first-order valence-electron chi connectivity index (χ1n) is 3.77. The number of hydrogen-bond acceptors (Lipinski definition) is 2. The maximum atomic E-state index is 13.3. The van der Waals surface area contributed by atoms with E-state index in [2.05, 4.69) is 15.9 Å². The highest BCUT2D eigenvalue weighted by Gasteiger charge is 2.13. The van der Waals surface area contributed by atoms with Gasteiger partial charge in [-0.2, -0.15) is 0 Å². The highest BCUT2D eigenvalue weighted by Crippen LogP contribution is 2.23. The zero-order chi connectivity index (χ0) is 9.84. The molecule has 0 aliphatic rings. The Morgan fingerprint density at radius 1 is 1.62 bits per heavy atom. The van der Waals surface area contributed by atoms with Crippen molar-refractivity contribution in [2.45, 2.75) is 6.10 Å². The van der Waals surface area contributed by atoms with Crippen molar-refractivity contribution in [3.05, 3.63) is 34.1 Å². The molecule has 0 aliphatic carbocycles. The summed E-state index contributed by atoms with van der Waals surface area (Å²) >= 11 is 3.04. The molecule has 1 rings (SSSR count). The minimum atomic E-state index is -0.914. The molecule has 0 bridgehead atoms. The van der Waals surface area contributed by atoms with Gasteiger partial charge >= 0.3 is 0 Å². The van der Waals surface area contributed by atoms with Crippen LogP contribution in [0.5, 0.6) is 0 Å². The lowest BCUT2D eigenvalue weighted by atomic mass is 10.1. The molecule has 0 spiro atoms. The van der Waals surface area contributed by atoms with Crippen molar-refractivity contribution in [3.8, 4) is 0 Å². The lowest BCUT2D eigenvalue weighted by molar-refractivity contribution is 0.0620. The number of aliphatic hydroxyl groups is 1. The van der Waals surface area contributed by atoms with Crippen LogP contribution < -0.4 is 0 Å². The summed E-state index contributed by atoms with van der Waals surface area (Å²) in [5, 5.41) is 9.44. The van der Waals surface area contributed by atoms with Gasteiger partial charge in [0.05, 0.1) is 11.1 Å². The van der Waals surface area contributed by atoms with E-state index < -0.39 is 11.9 Å². The quantitative estimate of drug-likeness (QED) is 0.890. The van der Waals surface area contributed by atoms with Crippen molar-refractivity contribution in [3.63, 3.8) is 0 Å². The third-order valence-corrected chi connectivity index (χ3v) is 2.28. The Kier molecular flexibility index (Phi) is 3.84. The molecule has 0 fully saturated rings. The van der Waals surface area contributed by atoms with Gasteiger partial charge in [-0.25, -0.2) is 4.39 Å². The van der Waals surface area contributed by atoms with Gasteiger partial charge in [0.1, 0.15) is 11.9 Å². The van der Waals surface area contributed by atoms with Gasteiger partial charge in [-0.05, 0) is 22.0 Å².